The van der Waals surface area contributed by atoms with E-state index in [1.54, 1.807) is 11.3 Å². The maximum absolute atomic E-state index is 12.4. The first-order valence-electron chi connectivity index (χ1n) is 7.60. The minimum atomic E-state index is -0.0946. The number of hydrogen-bond acceptors (Lipinski definition) is 4. The molecule has 1 heterocycles. The minimum Gasteiger partial charge on any atom is -0.378 e. The van der Waals surface area contributed by atoms with Crippen molar-refractivity contribution in [1.82, 2.24) is 4.98 Å². The molecule has 0 aliphatic heterocycles. The summed E-state index contributed by atoms with van der Waals surface area (Å²) < 4.78 is 0. The number of fused-ring (bicyclic) bond motifs is 1. The maximum Gasteiger partial charge on any atom is 0.257 e. The first kappa shape index (κ1) is 15.0. The molecule has 2 aromatic rings. The molecule has 3 rings (SSSR count). The van der Waals surface area contributed by atoms with Crippen molar-refractivity contribution < 1.29 is 4.79 Å². The van der Waals surface area contributed by atoms with Gasteiger partial charge in [-0.2, -0.15) is 0 Å². The topological polar surface area (TPSA) is 45.2 Å². The number of aryl methyl sites for hydroxylation is 1. The van der Waals surface area contributed by atoms with Crippen molar-refractivity contribution in [3.05, 3.63) is 40.4 Å². The lowest BCUT2D eigenvalue weighted by Gasteiger charge is -2.15. The molecule has 4 nitrogen and oxygen atoms in total. The lowest BCUT2D eigenvalue weighted by atomic mass is 9.93. The fraction of sp³-hybridized carbons (Fsp3) is 0.412. The van der Waals surface area contributed by atoms with Crippen LogP contribution in [0.4, 0.5) is 10.8 Å². The summed E-state index contributed by atoms with van der Waals surface area (Å²) in [7, 11) is 3.93. The molecule has 0 unspecified atom stereocenters. The summed E-state index contributed by atoms with van der Waals surface area (Å²) in [6.07, 6.45) is 3.30. The van der Waals surface area contributed by atoms with Crippen LogP contribution in [0.5, 0.6) is 0 Å². The molecule has 0 saturated heterocycles. The number of hydrogen-bond donors (Lipinski definition) is 1. The number of anilines is 2. The number of nitrogens with zero attached hydrogens (tertiary/aromatic N) is 2. The van der Waals surface area contributed by atoms with Crippen molar-refractivity contribution in [3.8, 4) is 0 Å². The van der Waals surface area contributed by atoms with Crippen molar-refractivity contribution in [1.29, 1.82) is 0 Å². The van der Waals surface area contributed by atoms with Gasteiger partial charge < -0.3 is 4.90 Å². The van der Waals surface area contributed by atoms with Gasteiger partial charge in [-0.15, -0.1) is 11.3 Å². The summed E-state index contributed by atoms with van der Waals surface area (Å²) in [4.78, 5) is 20.3. The Labute approximate surface area is 135 Å². The molecule has 1 N–H and O–H groups in total. The highest BCUT2D eigenvalue weighted by molar-refractivity contribution is 7.15. The van der Waals surface area contributed by atoms with Gasteiger partial charge in [0.25, 0.3) is 5.91 Å². The van der Waals surface area contributed by atoms with E-state index < -0.39 is 0 Å². The van der Waals surface area contributed by atoms with E-state index in [9.17, 15) is 4.79 Å². The van der Waals surface area contributed by atoms with Gasteiger partial charge in [-0.05, 0) is 43.4 Å². The van der Waals surface area contributed by atoms with E-state index in [2.05, 4.69) is 17.2 Å². The third-order valence-electron chi connectivity index (χ3n) is 4.03. The Kier molecular flexibility index (Phi) is 4.16. The quantitative estimate of drug-likeness (QED) is 0.941. The van der Waals surface area contributed by atoms with Crippen LogP contribution in [-0.2, 0) is 12.8 Å². The second kappa shape index (κ2) is 6.08. The van der Waals surface area contributed by atoms with Gasteiger partial charge in [0.05, 0.1) is 5.69 Å². The predicted molar refractivity (Wildman–Crippen MR) is 92.0 cm³/mol. The van der Waals surface area contributed by atoms with Crippen molar-refractivity contribution in [3.63, 3.8) is 0 Å². The fourth-order valence-corrected chi connectivity index (χ4v) is 3.85. The average Bonchev–Trinajstić information content (AvgIpc) is 2.88. The molecule has 0 fully saturated rings. The first-order valence-corrected chi connectivity index (χ1v) is 8.42. The molecule has 5 heteroatoms. The van der Waals surface area contributed by atoms with Gasteiger partial charge in [-0.1, -0.05) is 13.0 Å². The molecule has 1 aliphatic carbocycles. The van der Waals surface area contributed by atoms with E-state index in [0.717, 1.165) is 23.7 Å². The van der Waals surface area contributed by atoms with Crippen LogP contribution in [0.3, 0.4) is 0 Å². The van der Waals surface area contributed by atoms with E-state index in [0.29, 0.717) is 11.5 Å². The van der Waals surface area contributed by atoms with Crippen molar-refractivity contribution in [2.24, 2.45) is 5.92 Å². The molecule has 0 bridgehead atoms. The second-order valence-electron chi connectivity index (χ2n) is 6.14. The first-order chi connectivity index (χ1) is 10.5. The summed E-state index contributed by atoms with van der Waals surface area (Å²) in [6, 6.07) is 7.61. The molecule has 116 valence electrons. The van der Waals surface area contributed by atoms with E-state index in [1.165, 1.54) is 17.0 Å². The normalized spacial score (nSPS) is 17.0. The lowest BCUT2D eigenvalue weighted by Crippen LogP contribution is -2.14. The van der Waals surface area contributed by atoms with Gasteiger partial charge in [0.2, 0.25) is 0 Å². The minimum absolute atomic E-state index is 0.0946. The van der Waals surface area contributed by atoms with E-state index in [-0.39, 0.29) is 5.91 Å². The summed E-state index contributed by atoms with van der Waals surface area (Å²) in [5, 5.41) is 3.67. The Morgan fingerprint density at radius 1 is 1.41 bits per heavy atom. The average molecular weight is 315 g/mol. The van der Waals surface area contributed by atoms with Gasteiger partial charge in [0, 0.05) is 30.2 Å². The lowest BCUT2D eigenvalue weighted by molar-refractivity contribution is 0.102. The molecule has 1 atom stereocenters. The van der Waals surface area contributed by atoms with Gasteiger partial charge >= 0.3 is 0 Å². The molecule has 0 saturated carbocycles. The number of carbonyl (C=O) groups excluding carboxylic acids is 1. The van der Waals surface area contributed by atoms with Gasteiger partial charge in [-0.3, -0.25) is 10.1 Å². The number of benzene rings is 1. The highest BCUT2D eigenvalue weighted by atomic mass is 32.1. The van der Waals surface area contributed by atoms with Crippen LogP contribution in [0.15, 0.2) is 24.3 Å². The van der Waals surface area contributed by atoms with Crippen LogP contribution >= 0.6 is 11.3 Å². The van der Waals surface area contributed by atoms with E-state index >= 15 is 0 Å². The standard InChI is InChI=1S/C17H21N3OS/c1-11-7-8-14-15(9-11)22-17(18-14)19-16(21)12-5-4-6-13(10-12)20(2)3/h4-6,10-11H,7-9H2,1-3H3,(H,18,19,21)/t11-/m0/s1. The number of amides is 1. The van der Waals surface area contributed by atoms with Crippen LogP contribution in [0.25, 0.3) is 0 Å². The molecule has 1 aromatic heterocycles. The Morgan fingerprint density at radius 2 is 2.23 bits per heavy atom. The SMILES string of the molecule is C[C@H]1CCc2nc(NC(=O)c3cccc(N(C)C)c3)sc2C1. The zero-order valence-corrected chi connectivity index (χ0v) is 14.0. The molecule has 1 aromatic carbocycles. The summed E-state index contributed by atoms with van der Waals surface area (Å²) in [5.41, 5.74) is 2.84. The van der Waals surface area contributed by atoms with Gasteiger partial charge in [0.15, 0.2) is 5.13 Å². The van der Waals surface area contributed by atoms with Crippen LogP contribution in [0.1, 0.15) is 34.3 Å². The van der Waals surface area contributed by atoms with E-state index in [4.69, 9.17) is 0 Å². The van der Waals surface area contributed by atoms with Crippen molar-refractivity contribution in [2.75, 3.05) is 24.3 Å². The van der Waals surface area contributed by atoms with Gasteiger partial charge in [0.1, 0.15) is 0 Å². The largest absolute Gasteiger partial charge is 0.378 e. The maximum atomic E-state index is 12.4. The second-order valence-corrected chi connectivity index (χ2v) is 7.22. The van der Waals surface area contributed by atoms with Crippen LogP contribution in [-0.4, -0.2) is 25.0 Å². The van der Waals surface area contributed by atoms with Gasteiger partial charge in [-0.25, -0.2) is 4.98 Å². The molecule has 1 amide bonds. The molecular formula is C17H21N3OS. The zero-order chi connectivity index (χ0) is 15.7. The summed E-state index contributed by atoms with van der Waals surface area (Å²) in [5.74, 6) is 0.621. The summed E-state index contributed by atoms with van der Waals surface area (Å²) >= 11 is 1.62. The number of rotatable bonds is 3. The van der Waals surface area contributed by atoms with Crippen LogP contribution in [0.2, 0.25) is 0 Å². The molecule has 0 spiro atoms. The van der Waals surface area contributed by atoms with E-state index in [1.807, 2.05) is 43.3 Å². The monoisotopic (exact) mass is 315 g/mol. The number of thiazole rings is 1. The molecule has 0 radical (unpaired) electrons. The zero-order valence-electron chi connectivity index (χ0n) is 13.2. The third kappa shape index (κ3) is 3.14. The fourth-order valence-electron chi connectivity index (χ4n) is 2.69. The highest BCUT2D eigenvalue weighted by Gasteiger charge is 2.20. The molecule has 1 aliphatic rings. The Bertz CT molecular complexity index is 693. The predicted octanol–water partition coefficient (Wildman–Crippen LogP) is 3.59. The van der Waals surface area contributed by atoms with Crippen molar-refractivity contribution >= 4 is 28.1 Å². The third-order valence-corrected chi connectivity index (χ3v) is 5.07. The van der Waals surface area contributed by atoms with Crippen molar-refractivity contribution in [2.45, 2.75) is 26.2 Å². The Morgan fingerprint density at radius 3 is 3.00 bits per heavy atom. The Balaban J connectivity index is 1.76. The smallest absolute Gasteiger partial charge is 0.257 e. The van der Waals surface area contributed by atoms with Crippen LogP contribution < -0.4 is 10.2 Å². The number of carbonyl (C=O) groups is 1. The Hall–Kier alpha value is -1.88. The molecule has 22 heavy (non-hydrogen) atoms. The number of nitrogens with one attached hydrogen (secondary N) is 1. The highest BCUT2D eigenvalue weighted by Crippen LogP contribution is 2.32. The number of aromatic nitrogens is 1. The molecular weight excluding hydrogens is 294 g/mol. The summed E-state index contributed by atoms with van der Waals surface area (Å²) in [6.45, 7) is 2.27. The van der Waals surface area contributed by atoms with Crippen LogP contribution in [0, 0.1) is 5.92 Å².